The van der Waals surface area contributed by atoms with E-state index in [0.29, 0.717) is 30.6 Å². The molecule has 0 aliphatic carbocycles. The van der Waals surface area contributed by atoms with Gasteiger partial charge in [-0.25, -0.2) is 10.3 Å². The lowest BCUT2D eigenvalue weighted by Gasteiger charge is -2.31. The van der Waals surface area contributed by atoms with E-state index in [0.717, 1.165) is 39.3 Å². The van der Waals surface area contributed by atoms with Crippen molar-refractivity contribution in [1.82, 2.24) is 25.7 Å². The first-order valence-electron chi connectivity index (χ1n) is 10.1. The van der Waals surface area contributed by atoms with E-state index in [1.807, 2.05) is 0 Å². The van der Waals surface area contributed by atoms with Crippen LogP contribution in [0.5, 0.6) is 0 Å². The van der Waals surface area contributed by atoms with Gasteiger partial charge in [0.05, 0.1) is 25.9 Å². The number of nitrogens with one attached hydrogen (secondary N) is 2. The molecule has 2 bridgehead atoms. The van der Waals surface area contributed by atoms with E-state index >= 15 is 0 Å². The molecule has 13 nitrogen and oxygen atoms in total. The molecule has 4 heterocycles. The molecule has 4 saturated heterocycles. The monoisotopic (exact) mass is 449 g/mol. The molecule has 0 saturated carbocycles. The molecule has 4 atom stereocenters. The number of morpholine rings is 1. The number of carbonyl (C=O) groups is 2. The van der Waals surface area contributed by atoms with Crippen molar-refractivity contribution in [3.63, 3.8) is 0 Å². The molecule has 4 rings (SSSR count). The van der Waals surface area contributed by atoms with Crippen LogP contribution in [0, 0.1) is 0 Å². The van der Waals surface area contributed by atoms with E-state index in [-0.39, 0.29) is 12.6 Å². The minimum Gasteiger partial charge on any atom is -0.379 e. The van der Waals surface area contributed by atoms with Crippen molar-refractivity contribution in [1.29, 1.82) is 0 Å². The number of hydrogen-bond donors (Lipinski definition) is 3. The molecule has 4 fully saturated rings. The van der Waals surface area contributed by atoms with Crippen LogP contribution in [0.2, 0.25) is 0 Å². The topological polar surface area (TPSA) is 150 Å². The van der Waals surface area contributed by atoms with Crippen molar-refractivity contribution in [2.24, 2.45) is 0 Å². The highest BCUT2D eigenvalue weighted by Crippen LogP contribution is 2.30. The van der Waals surface area contributed by atoms with Gasteiger partial charge in [-0.1, -0.05) is 0 Å². The molecule has 3 amide bonds. The molecular formula is C16H27N5O8S. The van der Waals surface area contributed by atoms with E-state index in [4.69, 9.17) is 14.1 Å². The molecule has 4 aliphatic heterocycles. The number of hydrogen-bond acceptors (Lipinski definition) is 9. The summed E-state index contributed by atoms with van der Waals surface area (Å²) < 4.78 is 40.4. The molecule has 170 valence electrons. The Labute approximate surface area is 174 Å². The predicted octanol–water partition coefficient (Wildman–Crippen LogP) is -1.90. The molecule has 30 heavy (non-hydrogen) atoms. The number of piperidine rings is 1. The largest absolute Gasteiger partial charge is 0.418 e. The number of carbonyl (C=O) groups excluding carboxylic acids is 2. The summed E-state index contributed by atoms with van der Waals surface area (Å²) in [6.45, 7) is 4.63. The van der Waals surface area contributed by atoms with Crippen molar-refractivity contribution in [3.8, 4) is 0 Å². The Hall–Kier alpha value is -1.55. The zero-order valence-electron chi connectivity index (χ0n) is 16.4. The van der Waals surface area contributed by atoms with Gasteiger partial charge in [0.25, 0.3) is 5.91 Å². The second kappa shape index (κ2) is 8.90. The number of ether oxygens (including phenoxy) is 1. The fourth-order valence-corrected chi connectivity index (χ4v) is 4.92. The van der Waals surface area contributed by atoms with Crippen molar-refractivity contribution < 1.29 is 36.4 Å². The van der Waals surface area contributed by atoms with E-state index in [2.05, 4.69) is 20.0 Å². The average molecular weight is 449 g/mol. The molecule has 0 aromatic rings. The Morgan fingerprint density at radius 2 is 2.03 bits per heavy atom. The molecule has 0 radical (unpaired) electrons. The van der Waals surface area contributed by atoms with E-state index in [1.54, 1.807) is 0 Å². The molecule has 2 unspecified atom stereocenters. The summed E-state index contributed by atoms with van der Waals surface area (Å²) >= 11 is 0. The summed E-state index contributed by atoms with van der Waals surface area (Å²) in [7, 11) is -4.82. The van der Waals surface area contributed by atoms with Gasteiger partial charge in [-0.15, -0.1) is 4.28 Å². The smallest absolute Gasteiger partial charge is 0.379 e. The number of nitrogens with zero attached hydrogens (tertiary/aromatic N) is 3. The van der Waals surface area contributed by atoms with Crippen molar-refractivity contribution >= 4 is 22.3 Å². The first-order chi connectivity index (χ1) is 14.3. The highest BCUT2D eigenvalue weighted by molar-refractivity contribution is 7.80. The highest BCUT2D eigenvalue weighted by atomic mass is 32.3. The minimum absolute atomic E-state index is 0.112. The predicted molar refractivity (Wildman–Crippen MR) is 100 cm³/mol. The Bertz CT molecular complexity index is 761. The normalized spacial score (nSPS) is 32.6. The Balaban J connectivity index is 1.22. The molecule has 0 spiro atoms. The van der Waals surface area contributed by atoms with Crippen LogP contribution >= 0.6 is 0 Å². The molecule has 14 heteroatoms. The molecule has 0 aromatic heterocycles. The summed E-state index contributed by atoms with van der Waals surface area (Å²) in [5.41, 5.74) is 2.41. The number of hydroxylamine groups is 3. The van der Waals surface area contributed by atoms with Gasteiger partial charge < -0.3 is 15.0 Å². The minimum atomic E-state index is -4.82. The second-order valence-electron chi connectivity index (χ2n) is 7.93. The molecule has 0 aromatic carbocycles. The standard InChI is InChI=1S/C16H27N5O8S/c22-15(14-2-1-12-9-20(14)16(23)21(12)29-30(24,25)26)18-28-10-11-7-13(8-17-11)19-3-5-27-6-4-19/h11-14,17H,1-10H2,(H,18,22)(H,24,25,26)/t11-,12?,13+,14?/m1/s1. The third kappa shape index (κ3) is 4.85. The van der Waals surface area contributed by atoms with Gasteiger partial charge in [-0.3, -0.25) is 19.1 Å². The van der Waals surface area contributed by atoms with E-state index in [1.165, 1.54) is 4.90 Å². The Morgan fingerprint density at radius 3 is 2.77 bits per heavy atom. The van der Waals surface area contributed by atoms with Crippen LogP contribution in [0.15, 0.2) is 0 Å². The van der Waals surface area contributed by atoms with Gasteiger partial charge in [0.15, 0.2) is 0 Å². The lowest BCUT2D eigenvalue weighted by Crippen LogP contribution is -2.50. The maximum atomic E-state index is 12.5. The average Bonchev–Trinajstić information content (AvgIpc) is 3.27. The first-order valence-corrected chi connectivity index (χ1v) is 11.4. The van der Waals surface area contributed by atoms with Crippen LogP contribution in [-0.4, -0.2) is 110 Å². The number of fused-ring (bicyclic) bond motifs is 2. The number of amides is 3. The zero-order valence-corrected chi connectivity index (χ0v) is 17.3. The molecule has 3 N–H and O–H groups in total. The van der Waals surface area contributed by atoms with Crippen LogP contribution in [0.3, 0.4) is 0 Å². The summed E-state index contributed by atoms with van der Waals surface area (Å²) in [6, 6.07) is -1.57. The van der Waals surface area contributed by atoms with Gasteiger partial charge in [-0.2, -0.15) is 13.5 Å². The van der Waals surface area contributed by atoms with Gasteiger partial charge >= 0.3 is 16.4 Å². The third-order valence-electron chi connectivity index (χ3n) is 6.02. The third-order valence-corrected chi connectivity index (χ3v) is 6.37. The van der Waals surface area contributed by atoms with Gasteiger partial charge in [-0.05, 0) is 19.3 Å². The molecule has 4 aliphatic rings. The van der Waals surface area contributed by atoms with Gasteiger partial charge in [0, 0.05) is 38.3 Å². The fraction of sp³-hybridized carbons (Fsp3) is 0.875. The Kier molecular flexibility index (Phi) is 6.43. The van der Waals surface area contributed by atoms with Crippen molar-refractivity contribution in [2.75, 3.05) is 46.0 Å². The van der Waals surface area contributed by atoms with E-state index < -0.39 is 34.4 Å². The van der Waals surface area contributed by atoms with Crippen LogP contribution in [0.4, 0.5) is 4.79 Å². The van der Waals surface area contributed by atoms with Crippen LogP contribution in [0.25, 0.3) is 0 Å². The maximum Gasteiger partial charge on any atom is 0.418 e. The van der Waals surface area contributed by atoms with Crippen LogP contribution < -0.4 is 10.8 Å². The number of urea groups is 1. The summed E-state index contributed by atoms with van der Waals surface area (Å²) in [6.07, 6.45) is 1.60. The fourth-order valence-electron chi connectivity index (χ4n) is 4.53. The van der Waals surface area contributed by atoms with Crippen LogP contribution in [0.1, 0.15) is 19.3 Å². The lowest BCUT2D eigenvalue weighted by molar-refractivity contribution is -0.139. The highest BCUT2D eigenvalue weighted by Gasteiger charge is 2.49. The van der Waals surface area contributed by atoms with Gasteiger partial charge in [0.2, 0.25) is 0 Å². The zero-order chi connectivity index (χ0) is 21.3. The van der Waals surface area contributed by atoms with Crippen molar-refractivity contribution in [3.05, 3.63) is 0 Å². The first kappa shape index (κ1) is 21.7. The summed E-state index contributed by atoms with van der Waals surface area (Å²) in [5.74, 6) is -0.474. The van der Waals surface area contributed by atoms with E-state index in [9.17, 15) is 18.0 Å². The SMILES string of the molecule is O=C(NOC[C@H]1C[C@H](N2CCOCC2)CN1)C1CCC2CN1C(=O)N2OS(=O)(=O)O. The second-order valence-corrected chi connectivity index (χ2v) is 8.93. The van der Waals surface area contributed by atoms with Crippen molar-refractivity contribution in [2.45, 2.75) is 43.4 Å². The van der Waals surface area contributed by atoms with Crippen LogP contribution in [-0.2, 0) is 29.1 Å². The maximum absolute atomic E-state index is 12.5. The summed E-state index contributed by atoms with van der Waals surface area (Å²) in [5, 5.41) is 4.00. The lowest BCUT2D eigenvalue weighted by atomic mass is 10.0. The molecular weight excluding hydrogens is 422 g/mol. The Morgan fingerprint density at radius 1 is 1.27 bits per heavy atom. The number of rotatable bonds is 7. The summed E-state index contributed by atoms with van der Waals surface area (Å²) in [4.78, 5) is 33.9. The van der Waals surface area contributed by atoms with Gasteiger partial charge in [0.1, 0.15) is 6.04 Å². The quantitative estimate of drug-likeness (QED) is 0.297.